The van der Waals surface area contributed by atoms with Crippen molar-refractivity contribution in [2.45, 2.75) is 32.3 Å². The van der Waals surface area contributed by atoms with Crippen molar-refractivity contribution < 1.29 is 9.47 Å². The van der Waals surface area contributed by atoms with Crippen molar-refractivity contribution in [1.82, 2.24) is 10.2 Å². The molecule has 0 saturated carbocycles. The number of hydrogen-bond donors (Lipinski definition) is 1. The molecule has 0 amide bonds. The first-order valence-corrected chi connectivity index (χ1v) is 7.34. The predicted molar refractivity (Wildman–Crippen MR) is 72.9 cm³/mol. The number of hydrogen-bond acceptors (Lipinski definition) is 4. The highest BCUT2D eigenvalue weighted by Crippen LogP contribution is 2.30. The van der Waals surface area contributed by atoms with E-state index in [2.05, 4.69) is 17.1 Å². The molecule has 2 saturated heterocycles. The van der Waals surface area contributed by atoms with Crippen molar-refractivity contribution >= 4 is 0 Å². The van der Waals surface area contributed by atoms with E-state index < -0.39 is 0 Å². The Labute approximate surface area is 111 Å². The van der Waals surface area contributed by atoms with Crippen LogP contribution in [0.1, 0.15) is 26.2 Å². The van der Waals surface area contributed by atoms with Crippen LogP contribution < -0.4 is 5.32 Å². The van der Waals surface area contributed by atoms with Gasteiger partial charge in [-0.25, -0.2) is 0 Å². The van der Waals surface area contributed by atoms with Gasteiger partial charge < -0.3 is 19.7 Å². The molecule has 2 aliphatic rings. The average molecular weight is 256 g/mol. The summed E-state index contributed by atoms with van der Waals surface area (Å²) in [7, 11) is 2.04. The van der Waals surface area contributed by atoms with Gasteiger partial charge in [0.25, 0.3) is 0 Å². The normalized spacial score (nSPS) is 34.0. The first-order valence-electron chi connectivity index (χ1n) is 7.34. The third-order valence-corrected chi connectivity index (χ3v) is 4.16. The lowest BCUT2D eigenvalue weighted by Gasteiger charge is -2.38. The lowest BCUT2D eigenvalue weighted by atomic mass is 9.86. The van der Waals surface area contributed by atoms with E-state index in [4.69, 9.17) is 9.47 Å². The van der Waals surface area contributed by atoms with Gasteiger partial charge in [0.15, 0.2) is 0 Å². The van der Waals surface area contributed by atoms with Crippen LogP contribution in [-0.2, 0) is 9.47 Å². The van der Waals surface area contributed by atoms with Crippen molar-refractivity contribution in [3.8, 4) is 0 Å². The van der Waals surface area contributed by atoms with Crippen LogP contribution in [0.3, 0.4) is 0 Å². The van der Waals surface area contributed by atoms with Gasteiger partial charge in [-0.2, -0.15) is 0 Å². The summed E-state index contributed by atoms with van der Waals surface area (Å²) in [4.78, 5) is 2.58. The SMILES string of the molecule is CCOC1CCCN(CC2(CNC)CCOC2)C1. The summed E-state index contributed by atoms with van der Waals surface area (Å²) in [6.45, 7) is 9.28. The maximum absolute atomic E-state index is 5.78. The number of likely N-dealkylation sites (tertiary alicyclic amines) is 1. The Kier molecular flexibility index (Phi) is 5.42. The minimum atomic E-state index is 0.322. The fourth-order valence-corrected chi connectivity index (χ4v) is 3.35. The number of piperidine rings is 1. The van der Waals surface area contributed by atoms with Gasteiger partial charge >= 0.3 is 0 Å². The summed E-state index contributed by atoms with van der Waals surface area (Å²) in [6, 6.07) is 0. The highest BCUT2D eigenvalue weighted by Gasteiger charge is 2.37. The van der Waals surface area contributed by atoms with Gasteiger partial charge in [-0.05, 0) is 39.8 Å². The fraction of sp³-hybridized carbons (Fsp3) is 1.00. The topological polar surface area (TPSA) is 33.7 Å². The van der Waals surface area contributed by atoms with E-state index in [0.29, 0.717) is 11.5 Å². The van der Waals surface area contributed by atoms with Crippen LogP contribution in [0.5, 0.6) is 0 Å². The summed E-state index contributed by atoms with van der Waals surface area (Å²) >= 11 is 0. The highest BCUT2D eigenvalue weighted by atomic mass is 16.5. The fourth-order valence-electron chi connectivity index (χ4n) is 3.35. The zero-order valence-electron chi connectivity index (χ0n) is 11.9. The van der Waals surface area contributed by atoms with Gasteiger partial charge in [0.1, 0.15) is 0 Å². The van der Waals surface area contributed by atoms with Gasteiger partial charge in [0.05, 0.1) is 12.7 Å². The minimum Gasteiger partial charge on any atom is -0.381 e. The molecule has 0 spiro atoms. The van der Waals surface area contributed by atoms with Crippen molar-refractivity contribution in [3.05, 3.63) is 0 Å². The molecule has 2 aliphatic heterocycles. The average Bonchev–Trinajstić information content (AvgIpc) is 2.79. The quantitative estimate of drug-likeness (QED) is 0.772. The molecule has 2 heterocycles. The highest BCUT2D eigenvalue weighted by molar-refractivity contribution is 4.89. The van der Waals surface area contributed by atoms with Crippen LogP contribution in [0, 0.1) is 5.41 Å². The Balaban J connectivity index is 1.86. The molecule has 1 N–H and O–H groups in total. The first-order chi connectivity index (χ1) is 8.78. The monoisotopic (exact) mass is 256 g/mol. The lowest BCUT2D eigenvalue weighted by molar-refractivity contribution is -0.00796. The van der Waals surface area contributed by atoms with Gasteiger partial charge in [-0.15, -0.1) is 0 Å². The number of ether oxygens (including phenoxy) is 2. The number of nitrogens with one attached hydrogen (secondary N) is 1. The third-order valence-electron chi connectivity index (χ3n) is 4.16. The summed E-state index contributed by atoms with van der Waals surface area (Å²) in [5.74, 6) is 0. The molecule has 18 heavy (non-hydrogen) atoms. The zero-order valence-corrected chi connectivity index (χ0v) is 11.9. The summed E-state index contributed by atoms with van der Waals surface area (Å²) < 4.78 is 11.4. The smallest absolute Gasteiger partial charge is 0.0702 e. The first kappa shape index (κ1) is 14.3. The second kappa shape index (κ2) is 6.85. The zero-order chi connectivity index (χ0) is 12.8. The molecule has 106 valence electrons. The van der Waals surface area contributed by atoms with Gasteiger partial charge in [0, 0.05) is 38.3 Å². The molecule has 2 unspecified atom stereocenters. The van der Waals surface area contributed by atoms with Gasteiger partial charge in [0.2, 0.25) is 0 Å². The molecular weight excluding hydrogens is 228 g/mol. The Hall–Kier alpha value is -0.160. The van der Waals surface area contributed by atoms with Crippen LogP contribution >= 0.6 is 0 Å². The van der Waals surface area contributed by atoms with Crippen LogP contribution in [0.25, 0.3) is 0 Å². The van der Waals surface area contributed by atoms with Crippen molar-refractivity contribution in [2.75, 3.05) is 53.0 Å². The van der Waals surface area contributed by atoms with Crippen LogP contribution in [0.2, 0.25) is 0 Å². The molecule has 2 rings (SSSR count). The number of nitrogens with zero attached hydrogens (tertiary/aromatic N) is 1. The molecule has 0 aromatic carbocycles. The van der Waals surface area contributed by atoms with E-state index in [-0.39, 0.29) is 0 Å². The Morgan fingerprint density at radius 2 is 2.39 bits per heavy atom. The van der Waals surface area contributed by atoms with Gasteiger partial charge in [-0.1, -0.05) is 0 Å². The van der Waals surface area contributed by atoms with E-state index in [9.17, 15) is 0 Å². The molecule has 4 nitrogen and oxygen atoms in total. The Morgan fingerprint density at radius 1 is 1.50 bits per heavy atom. The predicted octanol–water partition coefficient (Wildman–Crippen LogP) is 1.11. The third kappa shape index (κ3) is 3.67. The molecule has 0 aliphatic carbocycles. The van der Waals surface area contributed by atoms with E-state index in [1.807, 2.05) is 7.05 Å². The van der Waals surface area contributed by atoms with E-state index in [0.717, 1.165) is 39.5 Å². The molecule has 4 heteroatoms. The van der Waals surface area contributed by atoms with Crippen LogP contribution in [0.15, 0.2) is 0 Å². The van der Waals surface area contributed by atoms with E-state index >= 15 is 0 Å². The van der Waals surface area contributed by atoms with Crippen molar-refractivity contribution in [3.63, 3.8) is 0 Å². The maximum atomic E-state index is 5.78. The molecule has 2 fully saturated rings. The molecule has 0 aromatic heterocycles. The van der Waals surface area contributed by atoms with Crippen LogP contribution in [-0.4, -0.2) is 64.1 Å². The molecule has 2 atom stereocenters. The molecule has 0 radical (unpaired) electrons. The second-order valence-corrected chi connectivity index (χ2v) is 5.79. The minimum absolute atomic E-state index is 0.322. The number of rotatable bonds is 6. The molecule has 0 bridgehead atoms. The molecule has 0 aromatic rings. The van der Waals surface area contributed by atoms with Crippen LogP contribution in [0.4, 0.5) is 0 Å². The van der Waals surface area contributed by atoms with Crippen molar-refractivity contribution in [2.24, 2.45) is 5.41 Å². The summed E-state index contributed by atoms with van der Waals surface area (Å²) in [5.41, 5.74) is 0.322. The Bertz CT molecular complexity index is 240. The van der Waals surface area contributed by atoms with E-state index in [1.165, 1.54) is 25.8 Å². The van der Waals surface area contributed by atoms with Gasteiger partial charge in [-0.3, -0.25) is 0 Å². The Morgan fingerprint density at radius 3 is 3.06 bits per heavy atom. The second-order valence-electron chi connectivity index (χ2n) is 5.79. The van der Waals surface area contributed by atoms with E-state index in [1.54, 1.807) is 0 Å². The largest absolute Gasteiger partial charge is 0.381 e. The molecular formula is C14H28N2O2. The lowest BCUT2D eigenvalue weighted by Crippen LogP contribution is -2.48. The standard InChI is InChI=1S/C14H28N2O2/c1-3-18-13-5-4-7-16(9-13)11-14(10-15-2)6-8-17-12-14/h13,15H,3-12H2,1-2H3. The van der Waals surface area contributed by atoms with Crippen molar-refractivity contribution in [1.29, 1.82) is 0 Å². The summed E-state index contributed by atoms with van der Waals surface area (Å²) in [5, 5.41) is 3.34. The maximum Gasteiger partial charge on any atom is 0.0702 e. The summed E-state index contributed by atoms with van der Waals surface area (Å²) in [6.07, 6.45) is 4.11.